The zero-order chi connectivity index (χ0) is 8.04. The molecule has 0 fully saturated rings. The second-order valence-electron chi connectivity index (χ2n) is 3.60. The van der Waals surface area contributed by atoms with E-state index in [-0.39, 0.29) is 0 Å². The van der Waals surface area contributed by atoms with E-state index >= 15 is 0 Å². The number of thioether (sulfide) groups is 1. The number of nitrogens with zero attached hydrogens (tertiary/aromatic N) is 1. The van der Waals surface area contributed by atoms with Crippen LogP contribution in [0.15, 0.2) is 0 Å². The molecule has 0 aromatic rings. The lowest BCUT2D eigenvalue weighted by molar-refractivity contribution is 1.07. The second kappa shape index (κ2) is 4.81. The summed E-state index contributed by atoms with van der Waals surface area (Å²) in [7, 11) is -0.830. The Labute approximate surface area is 68.8 Å². The molecule has 58 valence electrons. The highest BCUT2D eigenvalue weighted by molar-refractivity contribution is 8.03. The van der Waals surface area contributed by atoms with Crippen LogP contribution >= 0.6 is 11.8 Å². The Kier molecular flexibility index (Phi) is 4.84. The quantitative estimate of drug-likeness (QED) is 0.371. The average molecular weight is 173 g/mol. The van der Waals surface area contributed by atoms with Crippen molar-refractivity contribution in [3.8, 4) is 5.40 Å². The smallest absolute Gasteiger partial charge is 0.133 e. The van der Waals surface area contributed by atoms with Crippen molar-refractivity contribution in [1.29, 1.82) is 5.26 Å². The summed E-state index contributed by atoms with van der Waals surface area (Å²) >= 11 is 1.38. The van der Waals surface area contributed by atoms with Crippen LogP contribution in [0.2, 0.25) is 25.7 Å². The summed E-state index contributed by atoms with van der Waals surface area (Å²) in [6.45, 7) is 7.10. The molecule has 0 aromatic heterocycles. The first-order valence-corrected chi connectivity index (χ1v) is 8.26. The lowest BCUT2D eigenvalue weighted by Gasteiger charge is -2.13. The molecule has 3 heteroatoms. The van der Waals surface area contributed by atoms with E-state index in [1.807, 2.05) is 0 Å². The van der Waals surface area contributed by atoms with Crippen LogP contribution in [0.5, 0.6) is 0 Å². The van der Waals surface area contributed by atoms with E-state index in [1.165, 1.54) is 24.2 Å². The maximum atomic E-state index is 8.22. The van der Waals surface area contributed by atoms with Crippen molar-refractivity contribution in [3.05, 3.63) is 0 Å². The van der Waals surface area contributed by atoms with Crippen molar-refractivity contribution in [1.82, 2.24) is 0 Å². The minimum atomic E-state index is -0.830. The Hall–Kier alpha value is 0.0569. The SMILES string of the molecule is C[Si](C)(C)CCCSC#N. The van der Waals surface area contributed by atoms with E-state index in [9.17, 15) is 0 Å². The monoisotopic (exact) mass is 173 g/mol. The van der Waals surface area contributed by atoms with Crippen molar-refractivity contribution in [3.63, 3.8) is 0 Å². The number of thiocyanates is 1. The molecule has 1 nitrogen and oxygen atoms in total. The highest BCUT2D eigenvalue weighted by atomic mass is 32.2. The van der Waals surface area contributed by atoms with Gasteiger partial charge in [-0.25, -0.2) is 0 Å². The van der Waals surface area contributed by atoms with Crippen molar-refractivity contribution in [2.45, 2.75) is 32.1 Å². The molecule has 0 saturated heterocycles. The van der Waals surface area contributed by atoms with Crippen LogP contribution in [-0.2, 0) is 0 Å². The zero-order valence-corrected chi connectivity index (χ0v) is 8.79. The number of hydrogen-bond acceptors (Lipinski definition) is 2. The number of hydrogen-bond donors (Lipinski definition) is 0. The van der Waals surface area contributed by atoms with Crippen LogP contribution in [-0.4, -0.2) is 13.8 Å². The first-order valence-electron chi connectivity index (χ1n) is 3.57. The number of nitriles is 1. The van der Waals surface area contributed by atoms with Gasteiger partial charge in [0.1, 0.15) is 5.40 Å². The predicted octanol–water partition coefficient (Wildman–Crippen LogP) is 2.93. The Morgan fingerprint density at radius 2 is 2.00 bits per heavy atom. The number of rotatable bonds is 4. The van der Waals surface area contributed by atoms with Crippen molar-refractivity contribution in [2.75, 3.05) is 5.75 Å². The van der Waals surface area contributed by atoms with Gasteiger partial charge in [0.25, 0.3) is 0 Å². The normalized spacial score (nSPS) is 11.0. The van der Waals surface area contributed by atoms with Gasteiger partial charge in [0.15, 0.2) is 0 Å². The molecule has 10 heavy (non-hydrogen) atoms. The fourth-order valence-electron chi connectivity index (χ4n) is 0.720. The largest absolute Gasteiger partial charge is 0.185 e. The molecule has 0 radical (unpaired) electrons. The minimum Gasteiger partial charge on any atom is -0.185 e. The maximum absolute atomic E-state index is 8.22. The summed E-state index contributed by atoms with van der Waals surface area (Å²) in [5.74, 6) is 1.01. The summed E-state index contributed by atoms with van der Waals surface area (Å²) in [5.41, 5.74) is 0. The van der Waals surface area contributed by atoms with Gasteiger partial charge in [0, 0.05) is 13.8 Å². The van der Waals surface area contributed by atoms with Gasteiger partial charge in [0.2, 0.25) is 0 Å². The van der Waals surface area contributed by atoms with Crippen molar-refractivity contribution >= 4 is 19.8 Å². The van der Waals surface area contributed by atoms with Gasteiger partial charge < -0.3 is 0 Å². The summed E-state index contributed by atoms with van der Waals surface area (Å²) in [6, 6.07) is 1.35. The van der Waals surface area contributed by atoms with Crippen LogP contribution < -0.4 is 0 Å². The molecule has 0 bridgehead atoms. The van der Waals surface area contributed by atoms with Gasteiger partial charge in [-0.05, 0) is 18.2 Å². The first kappa shape index (κ1) is 10.1. The fourth-order valence-corrected chi connectivity index (χ4v) is 2.59. The van der Waals surface area contributed by atoms with Crippen molar-refractivity contribution < 1.29 is 0 Å². The molecule has 0 aliphatic carbocycles. The Morgan fingerprint density at radius 1 is 1.40 bits per heavy atom. The van der Waals surface area contributed by atoms with E-state index in [0.29, 0.717) is 0 Å². The molecule has 0 unspecified atom stereocenters. The molecule has 0 aliphatic heterocycles. The van der Waals surface area contributed by atoms with Crippen LogP contribution in [0.25, 0.3) is 0 Å². The topological polar surface area (TPSA) is 23.8 Å². The molecule has 0 amide bonds. The van der Waals surface area contributed by atoms with Gasteiger partial charge in [-0.1, -0.05) is 25.7 Å². The zero-order valence-electron chi connectivity index (χ0n) is 6.98. The molecule has 0 aromatic carbocycles. The molecule has 0 atom stereocenters. The minimum absolute atomic E-state index is 0.830. The second-order valence-corrected chi connectivity index (χ2v) is 10.1. The first-order chi connectivity index (χ1) is 4.56. The third kappa shape index (κ3) is 8.06. The Balaban J connectivity index is 3.14. The third-order valence-electron chi connectivity index (χ3n) is 1.24. The maximum Gasteiger partial charge on any atom is 0.133 e. The van der Waals surface area contributed by atoms with Crippen LogP contribution in [0, 0.1) is 10.7 Å². The Morgan fingerprint density at radius 3 is 2.40 bits per heavy atom. The predicted molar refractivity (Wildman–Crippen MR) is 50.8 cm³/mol. The van der Waals surface area contributed by atoms with E-state index < -0.39 is 8.07 Å². The third-order valence-corrected chi connectivity index (χ3v) is 3.71. The summed E-state index contributed by atoms with van der Waals surface area (Å²) < 4.78 is 0. The van der Waals surface area contributed by atoms with Gasteiger partial charge in [-0.2, -0.15) is 5.26 Å². The molecule has 0 aliphatic rings. The van der Waals surface area contributed by atoms with Crippen LogP contribution in [0.4, 0.5) is 0 Å². The lowest BCUT2D eigenvalue weighted by Crippen LogP contribution is -2.18. The average Bonchev–Trinajstić information content (AvgIpc) is 1.78. The van der Waals surface area contributed by atoms with Gasteiger partial charge >= 0.3 is 0 Å². The summed E-state index contributed by atoms with van der Waals surface area (Å²) in [5, 5.41) is 10.3. The highest BCUT2D eigenvalue weighted by Gasteiger charge is 2.11. The van der Waals surface area contributed by atoms with E-state index in [2.05, 4.69) is 25.0 Å². The molecular weight excluding hydrogens is 158 g/mol. The molecular formula is C7H15NSSi. The van der Waals surface area contributed by atoms with Crippen molar-refractivity contribution in [2.24, 2.45) is 0 Å². The molecule has 0 rings (SSSR count). The van der Waals surface area contributed by atoms with E-state index in [4.69, 9.17) is 5.26 Å². The lowest BCUT2D eigenvalue weighted by atomic mass is 10.6. The standard InChI is InChI=1S/C7H15NSSi/c1-10(2,3)6-4-5-9-7-8/h4-6H2,1-3H3. The van der Waals surface area contributed by atoms with E-state index in [1.54, 1.807) is 0 Å². The summed E-state index contributed by atoms with van der Waals surface area (Å²) in [4.78, 5) is 0. The highest BCUT2D eigenvalue weighted by Crippen LogP contribution is 2.13. The van der Waals surface area contributed by atoms with Gasteiger partial charge in [-0.3, -0.25) is 0 Å². The van der Waals surface area contributed by atoms with Crippen LogP contribution in [0.3, 0.4) is 0 Å². The molecule has 0 heterocycles. The Bertz CT molecular complexity index is 123. The van der Waals surface area contributed by atoms with Gasteiger partial charge in [0.05, 0.1) is 0 Å². The van der Waals surface area contributed by atoms with Gasteiger partial charge in [-0.15, -0.1) is 0 Å². The fraction of sp³-hybridized carbons (Fsp3) is 0.857. The molecule has 0 N–H and O–H groups in total. The van der Waals surface area contributed by atoms with E-state index in [0.717, 1.165) is 5.75 Å². The molecule has 0 spiro atoms. The van der Waals surface area contributed by atoms with Crippen LogP contribution in [0.1, 0.15) is 6.42 Å². The summed E-state index contributed by atoms with van der Waals surface area (Å²) in [6.07, 6.45) is 1.22. The molecule has 0 saturated carbocycles.